The van der Waals surface area contributed by atoms with Crippen molar-refractivity contribution < 1.29 is 32.6 Å². The van der Waals surface area contributed by atoms with E-state index in [1.807, 2.05) is 6.07 Å². The average molecular weight is 464 g/mol. The maximum Gasteiger partial charge on any atom is 0.416 e. The molecule has 2 heterocycles. The zero-order chi connectivity index (χ0) is 23.8. The molecule has 0 spiro atoms. The Morgan fingerprint density at radius 1 is 1.09 bits per heavy atom. The lowest BCUT2D eigenvalue weighted by Crippen LogP contribution is -2.50. The first-order valence-electron chi connectivity index (χ1n) is 10.1. The molecule has 2 aromatic rings. The van der Waals surface area contributed by atoms with E-state index < -0.39 is 42.6 Å². The number of alkyl halides is 3. The number of aromatic nitrogens is 1. The van der Waals surface area contributed by atoms with Gasteiger partial charge in [0, 0.05) is 11.9 Å². The minimum Gasteiger partial charge on any atom is -0.394 e. The lowest BCUT2D eigenvalue weighted by atomic mass is 10.0. The Labute approximate surface area is 187 Å². The number of amides is 3. The highest BCUT2D eigenvalue weighted by atomic mass is 19.4. The van der Waals surface area contributed by atoms with Gasteiger partial charge in [-0.15, -0.1) is 0 Å². The lowest BCUT2D eigenvalue weighted by molar-refractivity contribution is -0.137. The van der Waals surface area contributed by atoms with Crippen LogP contribution in [0.5, 0.6) is 0 Å². The van der Waals surface area contributed by atoms with Crippen LogP contribution in [-0.4, -0.2) is 46.9 Å². The molecule has 3 amide bonds. The van der Waals surface area contributed by atoms with E-state index >= 15 is 0 Å². The fourth-order valence-electron chi connectivity index (χ4n) is 3.14. The van der Waals surface area contributed by atoms with Gasteiger partial charge in [0.25, 0.3) is 0 Å². The minimum atomic E-state index is -4.47. The molecule has 3 rings (SSSR count). The van der Waals surface area contributed by atoms with E-state index in [9.17, 15) is 27.9 Å². The number of nitrogens with one attached hydrogen (secondary N) is 3. The van der Waals surface area contributed by atoms with Crippen molar-refractivity contribution in [2.75, 3.05) is 11.9 Å². The van der Waals surface area contributed by atoms with Gasteiger partial charge in [0.05, 0.1) is 43.0 Å². The Morgan fingerprint density at radius 3 is 2.48 bits per heavy atom. The normalized spacial score (nSPS) is 20.2. The second-order valence-corrected chi connectivity index (χ2v) is 7.28. The summed E-state index contributed by atoms with van der Waals surface area (Å²) in [5.74, 6) is -0.265. The summed E-state index contributed by atoms with van der Waals surface area (Å²) in [6.07, 6.45) is -1.01. The van der Waals surface area contributed by atoms with E-state index in [-0.39, 0.29) is 24.6 Å². The summed E-state index contributed by atoms with van der Waals surface area (Å²) < 4.78 is 43.6. The Balaban J connectivity index is 1.49. The Bertz CT molecular complexity index is 968. The fraction of sp³-hybridized carbons (Fsp3) is 0.318. The number of rotatable bonds is 7. The van der Waals surface area contributed by atoms with E-state index in [0.717, 1.165) is 24.3 Å². The van der Waals surface area contributed by atoms with Crippen LogP contribution in [0.2, 0.25) is 0 Å². The molecule has 0 unspecified atom stereocenters. The second kappa shape index (κ2) is 10.9. The van der Waals surface area contributed by atoms with Crippen LogP contribution in [0.25, 0.3) is 0 Å². The van der Waals surface area contributed by atoms with Crippen molar-refractivity contribution in [2.24, 2.45) is 0 Å². The molecule has 1 aromatic carbocycles. The Kier molecular flexibility index (Phi) is 8.01. The van der Waals surface area contributed by atoms with Gasteiger partial charge in [-0.2, -0.15) is 13.2 Å². The van der Waals surface area contributed by atoms with Crippen LogP contribution in [0, 0.1) is 0 Å². The summed E-state index contributed by atoms with van der Waals surface area (Å²) in [7, 11) is 0. The predicted octanol–water partition coefficient (Wildman–Crippen LogP) is 2.61. The van der Waals surface area contributed by atoms with Crippen molar-refractivity contribution in [3.8, 4) is 0 Å². The van der Waals surface area contributed by atoms with Crippen molar-refractivity contribution in [1.29, 1.82) is 0 Å². The average Bonchev–Trinajstić information content (AvgIpc) is 2.79. The van der Waals surface area contributed by atoms with E-state index in [0.29, 0.717) is 5.69 Å². The van der Waals surface area contributed by atoms with Gasteiger partial charge in [-0.1, -0.05) is 18.2 Å². The number of nitrogens with zero attached hydrogens (tertiary/aromatic N) is 1. The number of urea groups is 1. The topological polar surface area (TPSA) is 113 Å². The quantitative estimate of drug-likeness (QED) is 0.471. The number of benzene rings is 1. The lowest BCUT2D eigenvalue weighted by Gasteiger charge is -2.31. The number of halogens is 3. The third-order valence-corrected chi connectivity index (χ3v) is 4.81. The summed E-state index contributed by atoms with van der Waals surface area (Å²) in [6.45, 7) is -0.143. The highest BCUT2D eigenvalue weighted by Crippen LogP contribution is 2.29. The van der Waals surface area contributed by atoms with Gasteiger partial charge in [0.15, 0.2) is 0 Å². The molecule has 0 aliphatic carbocycles. The van der Waals surface area contributed by atoms with Crippen molar-refractivity contribution in [1.82, 2.24) is 15.6 Å². The van der Waals surface area contributed by atoms with Crippen molar-refractivity contribution in [3.05, 3.63) is 72.1 Å². The summed E-state index contributed by atoms with van der Waals surface area (Å²) in [5.41, 5.74) is 0.0549. The van der Waals surface area contributed by atoms with E-state index in [1.165, 1.54) is 0 Å². The molecular weight excluding hydrogens is 441 g/mol. The molecule has 176 valence electrons. The monoisotopic (exact) mass is 464 g/mol. The molecule has 0 saturated heterocycles. The largest absolute Gasteiger partial charge is 0.416 e. The molecule has 0 radical (unpaired) electrons. The van der Waals surface area contributed by atoms with Gasteiger partial charge in [0.2, 0.25) is 5.91 Å². The SMILES string of the molecule is O=C(C[C@@H]1C=C[C@H](NC(=O)Nc2ccc(C(F)(F)F)cc2)[C@H](CO)O1)NCc1ccccn1. The molecular formula is C22H23F3N4O4. The van der Waals surface area contributed by atoms with Crippen LogP contribution < -0.4 is 16.0 Å². The highest BCUT2D eigenvalue weighted by Gasteiger charge is 2.31. The molecule has 3 atom stereocenters. The molecule has 33 heavy (non-hydrogen) atoms. The zero-order valence-corrected chi connectivity index (χ0v) is 17.4. The number of aliphatic hydroxyl groups excluding tert-OH is 1. The first-order chi connectivity index (χ1) is 15.7. The first kappa shape index (κ1) is 24.2. The third kappa shape index (κ3) is 7.29. The maximum absolute atomic E-state index is 12.6. The van der Waals surface area contributed by atoms with Crippen LogP contribution >= 0.6 is 0 Å². The van der Waals surface area contributed by atoms with E-state index in [4.69, 9.17) is 4.74 Å². The smallest absolute Gasteiger partial charge is 0.394 e. The van der Waals surface area contributed by atoms with Gasteiger partial charge in [-0.25, -0.2) is 4.79 Å². The standard InChI is InChI=1S/C22H23F3N4O4/c23-22(24,25)14-4-6-15(7-5-14)28-21(32)29-18-9-8-17(33-19(18)13-30)11-20(31)27-12-16-3-1-2-10-26-16/h1-10,17-19,30H,11-13H2,(H,27,31)(H2,28,29,32)/t17-,18-,19-/m0/s1. The molecule has 8 nitrogen and oxygen atoms in total. The van der Waals surface area contributed by atoms with Crippen molar-refractivity contribution >= 4 is 17.6 Å². The van der Waals surface area contributed by atoms with Gasteiger partial charge >= 0.3 is 12.2 Å². The van der Waals surface area contributed by atoms with E-state index in [1.54, 1.807) is 30.5 Å². The number of hydrogen-bond acceptors (Lipinski definition) is 5. The van der Waals surface area contributed by atoms with Gasteiger partial charge in [0.1, 0.15) is 6.10 Å². The minimum absolute atomic E-state index is 0.0182. The number of carbonyl (C=O) groups excluding carboxylic acids is 2. The molecule has 1 aliphatic rings. The van der Waals surface area contributed by atoms with Crippen LogP contribution in [0.1, 0.15) is 17.7 Å². The third-order valence-electron chi connectivity index (χ3n) is 4.81. The first-order valence-corrected chi connectivity index (χ1v) is 10.1. The summed E-state index contributed by atoms with van der Waals surface area (Å²) in [6, 6.07) is 7.99. The zero-order valence-electron chi connectivity index (χ0n) is 17.4. The number of hydrogen-bond donors (Lipinski definition) is 4. The van der Waals surface area contributed by atoms with Crippen LogP contribution in [0.3, 0.4) is 0 Å². The molecule has 11 heteroatoms. The number of carbonyl (C=O) groups is 2. The number of pyridine rings is 1. The molecule has 0 fully saturated rings. The molecule has 0 saturated carbocycles. The van der Waals surface area contributed by atoms with Crippen LogP contribution in [0.4, 0.5) is 23.7 Å². The maximum atomic E-state index is 12.6. The molecule has 1 aromatic heterocycles. The van der Waals surface area contributed by atoms with Crippen LogP contribution in [-0.2, 0) is 22.3 Å². The van der Waals surface area contributed by atoms with E-state index in [2.05, 4.69) is 20.9 Å². The Hall–Kier alpha value is -3.44. The Morgan fingerprint density at radius 2 is 1.85 bits per heavy atom. The van der Waals surface area contributed by atoms with Gasteiger partial charge in [-0.05, 0) is 36.4 Å². The predicted molar refractivity (Wildman–Crippen MR) is 113 cm³/mol. The van der Waals surface area contributed by atoms with Gasteiger partial charge in [-0.3, -0.25) is 9.78 Å². The number of aliphatic hydroxyl groups is 1. The second-order valence-electron chi connectivity index (χ2n) is 7.28. The molecule has 1 aliphatic heterocycles. The van der Waals surface area contributed by atoms with Crippen molar-refractivity contribution in [2.45, 2.75) is 37.4 Å². The van der Waals surface area contributed by atoms with Gasteiger partial charge < -0.3 is 25.8 Å². The molecule has 0 bridgehead atoms. The fourth-order valence-corrected chi connectivity index (χ4v) is 3.14. The number of ether oxygens (including phenoxy) is 1. The molecule has 4 N–H and O–H groups in total. The van der Waals surface area contributed by atoms with Crippen molar-refractivity contribution in [3.63, 3.8) is 0 Å². The summed E-state index contributed by atoms with van der Waals surface area (Å²) >= 11 is 0. The van der Waals surface area contributed by atoms with Crippen LogP contribution in [0.15, 0.2) is 60.8 Å². The highest BCUT2D eigenvalue weighted by molar-refractivity contribution is 5.89. The summed E-state index contributed by atoms with van der Waals surface area (Å²) in [4.78, 5) is 28.5. The number of anilines is 1. The summed E-state index contributed by atoms with van der Waals surface area (Å²) in [5, 5.41) is 17.4.